The number of hydrogen-bond donors (Lipinski definition) is 2. The summed E-state index contributed by atoms with van der Waals surface area (Å²) >= 11 is 3.47. The number of nitrogens with zero attached hydrogens (tertiary/aromatic N) is 2. The molecule has 0 saturated carbocycles. The molecule has 3 rings (SSSR count). The third kappa shape index (κ3) is 2.12. The van der Waals surface area contributed by atoms with Gasteiger partial charge in [-0.1, -0.05) is 6.07 Å². The van der Waals surface area contributed by atoms with Crippen LogP contribution >= 0.6 is 15.9 Å². The maximum absolute atomic E-state index is 9.48. The number of aryl methyl sites for hydroxylation is 1. The van der Waals surface area contributed by atoms with Crippen molar-refractivity contribution < 1.29 is 9.47 Å². The fourth-order valence-corrected chi connectivity index (χ4v) is 3.15. The normalized spacial score (nSPS) is 16.7. The molecule has 0 aliphatic carbocycles. The van der Waals surface area contributed by atoms with Crippen molar-refractivity contribution in [3.8, 4) is 17.7 Å². The van der Waals surface area contributed by atoms with Crippen molar-refractivity contribution in [2.75, 3.05) is 7.11 Å². The van der Waals surface area contributed by atoms with E-state index in [2.05, 4.69) is 32.2 Å². The van der Waals surface area contributed by atoms with Crippen LogP contribution in [0.15, 0.2) is 34.1 Å². The first-order valence-corrected chi connectivity index (χ1v) is 7.32. The van der Waals surface area contributed by atoms with E-state index in [1.807, 2.05) is 25.1 Å². The maximum atomic E-state index is 9.48. The highest BCUT2D eigenvalue weighted by Gasteiger charge is 2.34. The van der Waals surface area contributed by atoms with E-state index in [9.17, 15) is 5.26 Å². The predicted molar refractivity (Wildman–Crippen MR) is 83.3 cm³/mol. The summed E-state index contributed by atoms with van der Waals surface area (Å²) in [5.41, 5.74) is 8.82. The van der Waals surface area contributed by atoms with E-state index < -0.39 is 0 Å². The lowest BCUT2D eigenvalue weighted by Crippen LogP contribution is -2.21. The molecule has 3 N–H and O–H groups in total. The van der Waals surface area contributed by atoms with E-state index in [1.54, 1.807) is 7.11 Å². The van der Waals surface area contributed by atoms with Crippen LogP contribution in [0.2, 0.25) is 0 Å². The molecule has 0 amide bonds. The van der Waals surface area contributed by atoms with Crippen molar-refractivity contribution in [3.05, 3.63) is 50.9 Å². The van der Waals surface area contributed by atoms with E-state index in [0.29, 0.717) is 11.5 Å². The molecule has 1 aliphatic heterocycles. The summed E-state index contributed by atoms with van der Waals surface area (Å²) in [7, 11) is 1.60. The van der Waals surface area contributed by atoms with Gasteiger partial charge in [0.1, 0.15) is 17.4 Å². The smallest absolute Gasteiger partial charge is 0.244 e. The van der Waals surface area contributed by atoms with Gasteiger partial charge in [-0.3, -0.25) is 5.10 Å². The molecule has 2 aromatic rings. The summed E-state index contributed by atoms with van der Waals surface area (Å²) in [6.45, 7) is 1.89. The van der Waals surface area contributed by atoms with Crippen LogP contribution in [0.4, 0.5) is 0 Å². The van der Waals surface area contributed by atoms with Gasteiger partial charge in [-0.15, -0.1) is 5.10 Å². The average molecular weight is 361 g/mol. The number of nitrogens with two attached hydrogens (primary N) is 1. The van der Waals surface area contributed by atoms with Crippen molar-refractivity contribution in [3.63, 3.8) is 0 Å². The Morgan fingerprint density at radius 1 is 1.50 bits per heavy atom. The standard InChI is InChI=1S/C15H13BrN4O2/c1-7-12-13(8-3-4-11(21-2)10(16)5-8)9(6-17)14(18)22-15(12)20-19-7/h3-5,13H,18H2,1-2H3,(H,19,20)/t13-/m0/s1. The molecule has 2 heterocycles. The second-order valence-electron chi connectivity index (χ2n) is 4.89. The van der Waals surface area contributed by atoms with E-state index in [0.717, 1.165) is 27.0 Å². The number of halogens is 1. The Bertz CT molecular complexity index is 819. The molecule has 6 nitrogen and oxygen atoms in total. The lowest BCUT2D eigenvalue weighted by molar-refractivity contribution is 0.378. The highest BCUT2D eigenvalue weighted by atomic mass is 79.9. The number of allylic oxidation sites excluding steroid dienone is 1. The molecule has 1 aromatic carbocycles. The van der Waals surface area contributed by atoms with Crippen molar-refractivity contribution in [2.45, 2.75) is 12.8 Å². The minimum Gasteiger partial charge on any atom is -0.496 e. The lowest BCUT2D eigenvalue weighted by Gasteiger charge is -2.24. The van der Waals surface area contributed by atoms with Gasteiger partial charge >= 0.3 is 0 Å². The quantitative estimate of drug-likeness (QED) is 0.857. The van der Waals surface area contributed by atoms with Crippen molar-refractivity contribution in [1.82, 2.24) is 10.2 Å². The van der Waals surface area contributed by atoms with Crippen LogP contribution in [0.1, 0.15) is 22.7 Å². The van der Waals surface area contributed by atoms with Crippen molar-refractivity contribution in [1.29, 1.82) is 5.26 Å². The number of H-pyrrole nitrogens is 1. The lowest BCUT2D eigenvalue weighted by atomic mass is 9.84. The van der Waals surface area contributed by atoms with E-state index in [1.165, 1.54) is 0 Å². The SMILES string of the molecule is COc1ccc([C@H]2C(C#N)=C(N)Oc3n[nH]c(C)c32)cc1Br. The van der Waals surface area contributed by atoms with Crippen LogP contribution in [0.3, 0.4) is 0 Å². The first kappa shape index (κ1) is 14.5. The molecule has 0 spiro atoms. The Morgan fingerprint density at radius 3 is 2.91 bits per heavy atom. The Hall–Kier alpha value is -2.46. The molecular weight excluding hydrogens is 348 g/mol. The monoisotopic (exact) mass is 360 g/mol. The summed E-state index contributed by atoms with van der Waals surface area (Å²) in [5.74, 6) is 0.884. The maximum Gasteiger partial charge on any atom is 0.244 e. The Balaban J connectivity index is 2.21. The van der Waals surface area contributed by atoms with Gasteiger partial charge in [-0.2, -0.15) is 5.26 Å². The molecule has 1 aliphatic rings. The number of methoxy groups -OCH3 is 1. The third-order valence-electron chi connectivity index (χ3n) is 3.64. The van der Waals surface area contributed by atoms with Crippen LogP contribution < -0.4 is 15.2 Å². The molecule has 0 fully saturated rings. The van der Waals surface area contributed by atoms with Crippen LogP contribution in [0.25, 0.3) is 0 Å². The van der Waals surface area contributed by atoms with Crippen LogP contribution in [0, 0.1) is 18.3 Å². The Labute approximate surface area is 135 Å². The fourth-order valence-electron chi connectivity index (χ4n) is 2.59. The molecule has 0 unspecified atom stereocenters. The molecule has 0 radical (unpaired) electrons. The van der Waals surface area contributed by atoms with Crippen LogP contribution in [-0.4, -0.2) is 17.3 Å². The number of aromatic amines is 1. The molecule has 0 bridgehead atoms. The number of hydrogen-bond acceptors (Lipinski definition) is 5. The van der Waals surface area contributed by atoms with Gasteiger partial charge in [0.15, 0.2) is 0 Å². The predicted octanol–water partition coefficient (Wildman–Crippen LogP) is 2.71. The van der Waals surface area contributed by atoms with Crippen LogP contribution in [0.5, 0.6) is 11.6 Å². The minimum absolute atomic E-state index is 0.0819. The van der Waals surface area contributed by atoms with Crippen molar-refractivity contribution in [2.24, 2.45) is 5.73 Å². The summed E-state index contributed by atoms with van der Waals surface area (Å²) in [4.78, 5) is 0. The summed E-state index contributed by atoms with van der Waals surface area (Å²) in [6.07, 6.45) is 0. The highest BCUT2D eigenvalue weighted by Crippen LogP contribution is 2.43. The van der Waals surface area contributed by atoms with E-state index >= 15 is 0 Å². The molecule has 1 aromatic heterocycles. The zero-order chi connectivity index (χ0) is 15.9. The second-order valence-corrected chi connectivity index (χ2v) is 5.74. The van der Waals surface area contributed by atoms with Crippen LogP contribution in [-0.2, 0) is 0 Å². The zero-order valence-electron chi connectivity index (χ0n) is 12.0. The average Bonchev–Trinajstić information content (AvgIpc) is 2.86. The fraction of sp³-hybridized carbons (Fsp3) is 0.200. The zero-order valence-corrected chi connectivity index (χ0v) is 13.6. The third-order valence-corrected chi connectivity index (χ3v) is 4.26. The largest absolute Gasteiger partial charge is 0.496 e. The Kier molecular flexibility index (Phi) is 3.54. The number of rotatable bonds is 2. The van der Waals surface area contributed by atoms with Gasteiger partial charge in [-0.25, -0.2) is 0 Å². The molecule has 7 heteroatoms. The number of fused-ring (bicyclic) bond motifs is 1. The molecule has 1 atom stereocenters. The van der Waals surface area contributed by atoms with Gasteiger partial charge in [-0.05, 0) is 40.5 Å². The second kappa shape index (κ2) is 5.39. The molecule has 0 saturated heterocycles. The number of ether oxygens (including phenoxy) is 2. The number of benzene rings is 1. The summed E-state index contributed by atoms with van der Waals surface area (Å²) in [5, 5.41) is 16.5. The summed E-state index contributed by atoms with van der Waals surface area (Å²) in [6, 6.07) is 7.81. The van der Waals surface area contributed by atoms with Gasteiger partial charge in [0, 0.05) is 11.3 Å². The Morgan fingerprint density at radius 2 is 2.27 bits per heavy atom. The van der Waals surface area contributed by atoms with Crippen molar-refractivity contribution >= 4 is 15.9 Å². The highest BCUT2D eigenvalue weighted by molar-refractivity contribution is 9.10. The van der Waals surface area contributed by atoms with Gasteiger partial charge in [0.25, 0.3) is 0 Å². The number of nitriles is 1. The van der Waals surface area contributed by atoms with Gasteiger partial charge < -0.3 is 15.2 Å². The van der Waals surface area contributed by atoms with E-state index in [4.69, 9.17) is 15.2 Å². The number of nitrogens with one attached hydrogen (secondary N) is 1. The molecule has 22 heavy (non-hydrogen) atoms. The topological polar surface area (TPSA) is 96.9 Å². The minimum atomic E-state index is -0.324. The molecule has 112 valence electrons. The van der Waals surface area contributed by atoms with Gasteiger partial charge in [0.2, 0.25) is 11.8 Å². The number of aromatic nitrogens is 2. The van der Waals surface area contributed by atoms with Gasteiger partial charge in [0.05, 0.1) is 17.5 Å². The summed E-state index contributed by atoms with van der Waals surface area (Å²) < 4.78 is 11.5. The van der Waals surface area contributed by atoms with E-state index in [-0.39, 0.29) is 11.8 Å². The first-order valence-electron chi connectivity index (χ1n) is 6.52. The molecular formula is C15H13BrN4O2. The first-order chi connectivity index (χ1) is 10.6.